The molecule has 24 heavy (non-hydrogen) atoms. The van der Waals surface area contributed by atoms with E-state index < -0.39 is 0 Å². The predicted octanol–water partition coefficient (Wildman–Crippen LogP) is 3.63. The van der Waals surface area contributed by atoms with Crippen molar-refractivity contribution in [3.05, 3.63) is 45.9 Å². The summed E-state index contributed by atoms with van der Waals surface area (Å²) in [6.45, 7) is 10.2. The molecular weight excluding hydrogens is 342 g/mol. The Morgan fingerprint density at radius 3 is 2.79 bits per heavy atom. The molecule has 0 amide bonds. The number of ether oxygens (including phenoxy) is 1. The van der Waals surface area contributed by atoms with Crippen molar-refractivity contribution < 1.29 is 4.74 Å². The van der Waals surface area contributed by atoms with E-state index in [1.165, 1.54) is 5.56 Å². The van der Waals surface area contributed by atoms with Crippen LogP contribution in [0.3, 0.4) is 0 Å². The van der Waals surface area contributed by atoms with Gasteiger partial charge in [0.15, 0.2) is 0 Å². The normalized spacial score (nSPS) is 21.3. The minimum atomic E-state index is 0. The van der Waals surface area contributed by atoms with E-state index >= 15 is 0 Å². The lowest BCUT2D eigenvalue weighted by Crippen LogP contribution is -2.53. The summed E-state index contributed by atoms with van der Waals surface area (Å²) in [7, 11) is 0. The Kier molecular flexibility index (Phi) is 7.04. The second-order valence-corrected chi connectivity index (χ2v) is 7.36. The smallest absolute Gasteiger partial charge is 0.140 e. The maximum absolute atomic E-state index is 5.81. The maximum Gasteiger partial charge on any atom is 0.140 e. The third-order valence-electron chi connectivity index (χ3n) is 4.24. The largest absolute Gasteiger partial charge is 0.486 e. The Morgan fingerprint density at radius 1 is 1.29 bits per heavy atom. The van der Waals surface area contributed by atoms with Crippen LogP contribution in [0, 0.1) is 6.92 Å². The minimum absolute atomic E-state index is 0. The molecule has 132 valence electrons. The van der Waals surface area contributed by atoms with Crippen molar-refractivity contribution in [3.63, 3.8) is 0 Å². The monoisotopic (exact) mass is 367 g/mol. The Bertz CT molecular complexity index is 631. The quantitative estimate of drug-likeness (QED) is 0.875. The van der Waals surface area contributed by atoms with Crippen molar-refractivity contribution in [2.24, 2.45) is 0 Å². The highest BCUT2D eigenvalue weighted by atomic mass is 35.5. The molecule has 3 rings (SSSR count). The van der Waals surface area contributed by atoms with Gasteiger partial charge in [0.1, 0.15) is 17.4 Å². The van der Waals surface area contributed by atoms with Crippen LogP contribution in [0.15, 0.2) is 29.6 Å². The number of aromatic nitrogens is 1. The van der Waals surface area contributed by atoms with Crippen molar-refractivity contribution >= 4 is 23.7 Å². The molecular formula is C18H26ClN3OS. The van der Waals surface area contributed by atoms with Gasteiger partial charge in [-0.25, -0.2) is 4.98 Å². The summed E-state index contributed by atoms with van der Waals surface area (Å²) >= 11 is 1.68. The van der Waals surface area contributed by atoms with Gasteiger partial charge in [0.05, 0.1) is 5.69 Å². The zero-order valence-electron chi connectivity index (χ0n) is 14.5. The zero-order valence-corrected chi connectivity index (χ0v) is 16.1. The number of piperazine rings is 1. The van der Waals surface area contributed by atoms with Crippen LogP contribution in [-0.4, -0.2) is 35.1 Å². The first-order chi connectivity index (χ1) is 11.1. The Hall–Kier alpha value is -1.14. The lowest BCUT2D eigenvalue weighted by atomic mass is 10.1. The molecule has 2 aromatic rings. The fourth-order valence-electron chi connectivity index (χ4n) is 2.79. The van der Waals surface area contributed by atoms with E-state index in [-0.39, 0.29) is 12.4 Å². The zero-order chi connectivity index (χ0) is 16.2. The van der Waals surface area contributed by atoms with Crippen molar-refractivity contribution in [1.29, 1.82) is 0 Å². The summed E-state index contributed by atoms with van der Waals surface area (Å²) in [5.74, 6) is 0.900. The second kappa shape index (κ2) is 8.81. The third kappa shape index (κ3) is 5.18. The third-order valence-corrected chi connectivity index (χ3v) is 5.11. The van der Waals surface area contributed by atoms with E-state index in [4.69, 9.17) is 9.72 Å². The van der Waals surface area contributed by atoms with Gasteiger partial charge in [0, 0.05) is 37.1 Å². The fourth-order valence-corrected chi connectivity index (χ4v) is 3.49. The lowest BCUT2D eigenvalue weighted by Gasteiger charge is -2.37. The molecule has 1 N–H and O–H groups in total. The van der Waals surface area contributed by atoms with Gasteiger partial charge < -0.3 is 10.1 Å². The van der Waals surface area contributed by atoms with Gasteiger partial charge in [-0.15, -0.1) is 23.7 Å². The van der Waals surface area contributed by atoms with Gasteiger partial charge >= 0.3 is 0 Å². The number of nitrogens with one attached hydrogen (secondary N) is 1. The molecule has 6 heteroatoms. The standard InChI is InChI=1S/C18H25N3OS.ClH/c1-13-4-6-17(7-5-13)22-11-18-20-16(12-23-18)10-21-9-14(2)19-8-15(21)3;/h4-7,12,14-15,19H,8-11H2,1-3H3;1H. The van der Waals surface area contributed by atoms with Crippen LogP contribution < -0.4 is 10.1 Å². The number of rotatable bonds is 5. The Labute approximate surface area is 154 Å². The summed E-state index contributed by atoms with van der Waals surface area (Å²) in [6, 6.07) is 9.25. The second-order valence-electron chi connectivity index (χ2n) is 6.42. The molecule has 2 heterocycles. The molecule has 1 aromatic carbocycles. The van der Waals surface area contributed by atoms with Crippen LogP contribution in [0.5, 0.6) is 5.75 Å². The minimum Gasteiger partial charge on any atom is -0.486 e. The Morgan fingerprint density at radius 2 is 2.04 bits per heavy atom. The van der Waals surface area contributed by atoms with Crippen LogP contribution in [0.1, 0.15) is 30.1 Å². The molecule has 1 saturated heterocycles. The number of benzene rings is 1. The van der Waals surface area contributed by atoms with E-state index in [0.717, 1.165) is 36.1 Å². The molecule has 1 aliphatic rings. The van der Waals surface area contributed by atoms with E-state index in [1.54, 1.807) is 11.3 Å². The van der Waals surface area contributed by atoms with Crippen LogP contribution >= 0.6 is 23.7 Å². The highest BCUT2D eigenvalue weighted by molar-refractivity contribution is 7.09. The molecule has 1 aromatic heterocycles. The van der Waals surface area contributed by atoms with E-state index in [9.17, 15) is 0 Å². The van der Waals surface area contributed by atoms with Crippen LogP contribution in [0.4, 0.5) is 0 Å². The first kappa shape index (κ1) is 19.2. The topological polar surface area (TPSA) is 37.4 Å². The average Bonchev–Trinajstić information content (AvgIpc) is 2.98. The van der Waals surface area contributed by atoms with Gasteiger partial charge in [-0.3, -0.25) is 4.90 Å². The molecule has 1 fully saturated rings. The van der Waals surface area contributed by atoms with Crippen LogP contribution in [0.25, 0.3) is 0 Å². The van der Waals surface area contributed by atoms with Gasteiger partial charge in [0.2, 0.25) is 0 Å². The van der Waals surface area contributed by atoms with Crippen molar-refractivity contribution in [1.82, 2.24) is 15.2 Å². The Balaban J connectivity index is 0.00000208. The number of nitrogens with zero attached hydrogens (tertiary/aromatic N) is 2. The van der Waals surface area contributed by atoms with Crippen molar-refractivity contribution in [2.75, 3.05) is 13.1 Å². The first-order valence-corrected chi connectivity index (χ1v) is 9.08. The van der Waals surface area contributed by atoms with Crippen molar-refractivity contribution in [3.8, 4) is 5.75 Å². The summed E-state index contributed by atoms with van der Waals surface area (Å²) in [5.41, 5.74) is 2.40. The molecule has 0 bridgehead atoms. The van der Waals surface area contributed by atoms with E-state index in [2.05, 4.69) is 48.5 Å². The van der Waals surface area contributed by atoms with E-state index in [1.807, 2.05) is 12.1 Å². The molecule has 0 aliphatic carbocycles. The van der Waals surface area contributed by atoms with E-state index in [0.29, 0.717) is 18.7 Å². The maximum atomic E-state index is 5.81. The number of thiazole rings is 1. The molecule has 2 unspecified atom stereocenters. The fraction of sp³-hybridized carbons (Fsp3) is 0.500. The molecule has 0 radical (unpaired) electrons. The molecule has 0 saturated carbocycles. The van der Waals surface area contributed by atoms with Gasteiger partial charge in [0.25, 0.3) is 0 Å². The highest BCUT2D eigenvalue weighted by Gasteiger charge is 2.22. The summed E-state index contributed by atoms with van der Waals surface area (Å²) < 4.78 is 5.81. The first-order valence-electron chi connectivity index (χ1n) is 8.20. The van der Waals surface area contributed by atoms with Gasteiger partial charge in [-0.2, -0.15) is 0 Å². The molecule has 4 nitrogen and oxygen atoms in total. The average molecular weight is 368 g/mol. The van der Waals surface area contributed by atoms with Crippen molar-refractivity contribution in [2.45, 2.75) is 46.0 Å². The number of hydrogen-bond acceptors (Lipinski definition) is 5. The SMILES string of the molecule is Cc1ccc(OCc2nc(CN3CC(C)NCC3C)cs2)cc1.Cl. The summed E-state index contributed by atoms with van der Waals surface area (Å²) in [4.78, 5) is 7.23. The van der Waals surface area contributed by atoms with Gasteiger partial charge in [-0.05, 0) is 32.9 Å². The van der Waals surface area contributed by atoms with Gasteiger partial charge in [-0.1, -0.05) is 17.7 Å². The molecule has 1 aliphatic heterocycles. The van der Waals surface area contributed by atoms with Crippen LogP contribution in [0.2, 0.25) is 0 Å². The summed E-state index contributed by atoms with van der Waals surface area (Å²) in [6.07, 6.45) is 0. The molecule has 2 atom stereocenters. The predicted molar refractivity (Wildman–Crippen MR) is 102 cm³/mol. The van der Waals surface area contributed by atoms with Crippen LogP contribution in [-0.2, 0) is 13.2 Å². The number of halogens is 1. The lowest BCUT2D eigenvalue weighted by molar-refractivity contribution is 0.137. The molecule has 0 spiro atoms. The summed E-state index contributed by atoms with van der Waals surface area (Å²) in [5, 5.41) is 6.71. The highest BCUT2D eigenvalue weighted by Crippen LogP contribution is 2.18. The number of hydrogen-bond donors (Lipinski definition) is 1. The number of aryl methyl sites for hydroxylation is 1.